The second-order valence-electron chi connectivity index (χ2n) is 4.80. The summed E-state index contributed by atoms with van der Waals surface area (Å²) >= 11 is 0. The fourth-order valence-electron chi connectivity index (χ4n) is 1.89. The lowest BCUT2D eigenvalue weighted by molar-refractivity contribution is -0.124. The summed E-state index contributed by atoms with van der Waals surface area (Å²) in [7, 11) is 1.76. The van der Waals surface area contributed by atoms with Crippen LogP contribution in [0, 0.1) is 0 Å². The van der Waals surface area contributed by atoms with Gasteiger partial charge in [0.1, 0.15) is 5.75 Å². The zero-order valence-electron chi connectivity index (χ0n) is 11.9. The van der Waals surface area contributed by atoms with Crippen LogP contribution in [0.15, 0.2) is 54.9 Å². The van der Waals surface area contributed by atoms with Gasteiger partial charge in [0.05, 0.1) is 0 Å². The first-order valence-electron chi connectivity index (χ1n) is 6.76. The average molecular weight is 282 g/mol. The van der Waals surface area contributed by atoms with Crippen LogP contribution in [0.1, 0.15) is 11.1 Å². The van der Waals surface area contributed by atoms with E-state index < -0.39 is 0 Å². The van der Waals surface area contributed by atoms with Gasteiger partial charge in [-0.25, -0.2) is 0 Å². The Hall–Kier alpha value is -2.62. The van der Waals surface area contributed by atoms with Crippen molar-refractivity contribution in [3.8, 4) is 5.75 Å². The number of hydrogen-bond donors (Lipinski definition) is 1. The van der Waals surface area contributed by atoms with Crippen molar-refractivity contribution in [3.05, 3.63) is 66.0 Å². The predicted molar refractivity (Wildman–Crippen MR) is 82.7 cm³/mol. The van der Waals surface area contributed by atoms with Gasteiger partial charge in [-0.3, -0.25) is 9.78 Å². The Bertz CT molecular complexity index is 624. The molecule has 1 aromatic carbocycles. The third-order valence-electron chi connectivity index (χ3n) is 3.13. The molecule has 1 aromatic heterocycles. The smallest absolute Gasteiger partial charge is 0.246 e. The maximum absolute atomic E-state index is 12.0. The van der Waals surface area contributed by atoms with E-state index in [0.29, 0.717) is 13.0 Å². The van der Waals surface area contributed by atoms with Gasteiger partial charge < -0.3 is 10.0 Å². The second-order valence-corrected chi connectivity index (χ2v) is 4.80. The number of carbonyl (C=O) groups excluding carboxylic acids is 1. The third kappa shape index (κ3) is 4.76. The summed E-state index contributed by atoms with van der Waals surface area (Å²) in [6.45, 7) is 0.597. The molecule has 1 heterocycles. The normalized spacial score (nSPS) is 10.7. The van der Waals surface area contributed by atoms with E-state index in [2.05, 4.69) is 4.98 Å². The van der Waals surface area contributed by atoms with Crippen molar-refractivity contribution in [2.24, 2.45) is 0 Å². The standard InChI is InChI=1S/C17H18N2O2/c1-19(11-9-14-4-2-6-16(20)12-14)17(21)8-7-15-5-3-10-18-13-15/h2-8,10,12-13,20H,9,11H2,1H3/b8-7+. The number of nitrogens with zero attached hydrogens (tertiary/aromatic N) is 2. The molecule has 0 spiro atoms. The zero-order valence-corrected chi connectivity index (χ0v) is 11.9. The molecule has 0 radical (unpaired) electrons. The van der Waals surface area contributed by atoms with Crippen molar-refractivity contribution in [3.63, 3.8) is 0 Å². The van der Waals surface area contributed by atoms with Crippen LogP contribution in [-0.2, 0) is 11.2 Å². The van der Waals surface area contributed by atoms with E-state index in [-0.39, 0.29) is 11.7 Å². The first-order valence-corrected chi connectivity index (χ1v) is 6.76. The highest BCUT2D eigenvalue weighted by atomic mass is 16.3. The summed E-state index contributed by atoms with van der Waals surface area (Å²) in [5, 5.41) is 9.40. The summed E-state index contributed by atoms with van der Waals surface area (Å²) < 4.78 is 0. The number of aromatic hydroxyl groups is 1. The van der Waals surface area contributed by atoms with Crippen LogP contribution in [0.4, 0.5) is 0 Å². The minimum Gasteiger partial charge on any atom is -0.508 e. The molecule has 0 aliphatic heterocycles. The van der Waals surface area contributed by atoms with Gasteiger partial charge in [-0.2, -0.15) is 0 Å². The molecule has 2 rings (SSSR count). The van der Waals surface area contributed by atoms with E-state index in [9.17, 15) is 9.90 Å². The van der Waals surface area contributed by atoms with Crippen LogP contribution in [0.25, 0.3) is 6.08 Å². The van der Waals surface area contributed by atoms with E-state index in [4.69, 9.17) is 0 Å². The fraction of sp³-hybridized carbons (Fsp3) is 0.176. The molecule has 108 valence electrons. The number of pyridine rings is 1. The van der Waals surface area contributed by atoms with Crippen molar-refractivity contribution in [2.45, 2.75) is 6.42 Å². The Morgan fingerprint density at radius 1 is 1.33 bits per heavy atom. The molecule has 0 bridgehead atoms. The minimum atomic E-state index is -0.0565. The molecule has 0 saturated heterocycles. The van der Waals surface area contributed by atoms with Crippen LogP contribution in [0.2, 0.25) is 0 Å². The summed E-state index contributed by atoms with van der Waals surface area (Å²) in [5.74, 6) is 0.192. The molecular formula is C17H18N2O2. The van der Waals surface area contributed by atoms with Crippen molar-refractivity contribution >= 4 is 12.0 Å². The molecule has 0 fully saturated rings. The SMILES string of the molecule is CN(CCc1cccc(O)c1)C(=O)/C=C/c1cccnc1. The van der Waals surface area contributed by atoms with Gasteiger partial charge in [0.25, 0.3) is 0 Å². The van der Waals surface area contributed by atoms with E-state index in [1.54, 1.807) is 54.7 Å². The van der Waals surface area contributed by atoms with Gasteiger partial charge in [-0.1, -0.05) is 18.2 Å². The number of carbonyl (C=O) groups is 1. The van der Waals surface area contributed by atoms with Crippen LogP contribution >= 0.6 is 0 Å². The lowest BCUT2D eigenvalue weighted by Crippen LogP contribution is -2.27. The van der Waals surface area contributed by atoms with Crippen molar-refractivity contribution in [2.75, 3.05) is 13.6 Å². The van der Waals surface area contributed by atoms with E-state index in [0.717, 1.165) is 11.1 Å². The van der Waals surface area contributed by atoms with E-state index in [1.807, 2.05) is 18.2 Å². The molecule has 0 aliphatic rings. The van der Waals surface area contributed by atoms with Gasteiger partial charge >= 0.3 is 0 Å². The Morgan fingerprint density at radius 2 is 2.19 bits per heavy atom. The van der Waals surface area contributed by atoms with Gasteiger partial charge in [0.2, 0.25) is 5.91 Å². The Labute approximate surface area is 124 Å². The lowest BCUT2D eigenvalue weighted by Gasteiger charge is -2.15. The number of hydrogen-bond acceptors (Lipinski definition) is 3. The molecule has 0 unspecified atom stereocenters. The summed E-state index contributed by atoms with van der Waals surface area (Å²) in [6, 6.07) is 10.8. The Morgan fingerprint density at radius 3 is 2.90 bits per heavy atom. The highest BCUT2D eigenvalue weighted by Gasteiger charge is 2.05. The number of benzene rings is 1. The largest absolute Gasteiger partial charge is 0.508 e. The molecule has 21 heavy (non-hydrogen) atoms. The number of phenolic OH excluding ortho intramolecular Hbond substituents is 1. The van der Waals surface area contributed by atoms with Gasteiger partial charge in [-0.15, -0.1) is 0 Å². The van der Waals surface area contributed by atoms with E-state index >= 15 is 0 Å². The summed E-state index contributed by atoms with van der Waals surface area (Å²) in [4.78, 5) is 17.6. The maximum atomic E-state index is 12.0. The Kier molecular flexibility index (Phi) is 5.10. The minimum absolute atomic E-state index is 0.0565. The molecule has 0 aliphatic carbocycles. The van der Waals surface area contributed by atoms with Gasteiger partial charge in [0, 0.05) is 32.1 Å². The quantitative estimate of drug-likeness (QED) is 0.857. The molecule has 2 aromatic rings. The highest BCUT2D eigenvalue weighted by molar-refractivity contribution is 5.91. The van der Waals surface area contributed by atoms with Gasteiger partial charge in [0.15, 0.2) is 0 Å². The van der Waals surface area contributed by atoms with Crippen LogP contribution in [0.5, 0.6) is 5.75 Å². The summed E-state index contributed by atoms with van der Waals surface area (Å²) in [6.07, 6.45) is 7.40. The Balaban J connectivity index is 1.87. The molecule has 0 atom stereocenters. The maximum Gasteiger partial charge on any atom is 0.246 e. The predicted octanol–water partition coefficient (Wildman–Crippen LogP) is 2.50. The second kappa shape index (κ2) is 7.24. The number of phenols is 1. The zero-order chi connectivity index (χ0) is 15.1. The van der Waals surface area contributed by atoms with Crippen molar-refractivity contribution in [1.82, 2.24) is 9.88 Å². The molecule has 1 amide bonds. The third-order valence-corrected chi connectivity index (χ3v) is 3.13. The molecule has 4 nitrogen and oxygen atoms in total. The van der Waals surface area contributed by atoms with Crippen LogP contribution in [0.3, 0.4) is 0 Å². The average Bonchev–Trinajstić information content (AvgIpc) is 2.51. The van der Waals surface area contributed by atoms with E-state index in [1.165, 1.54) is 0 Å². The molecule has 4 heteroatoms. The summed E-state index contributed by atoms with van der Waals surface area (Å²) in [5.41, 5.74) is 1.90. The number of rotatable bonds is 5. The number of aromatic nitrogens is 1. The van der Waals surface area contributed by atoms with Crippen molar-refractivity contribution < 1.29 is 9.90 Å². The topological polar surface area (TPSA) is 53.4 Å². The van der Waals surface area contributed by atoms with Crippen molar-refractivity contribution in [1.29, 1.82) is 0 Å². The molecular weight excluding hydrogens is 264 g/mol. The first kappa shape index (κ1) is 14.8. The van der Waals surface area contributed by atoms with Gasteiger partial charge in [-0.05, 0) is 41.8 Å². The number of likely N-dealkylation sites (N-methyl/N-ethyl adjacent to an activating group) is 1. The molecule has 1 N–H and O–H groups in total. The number of amides is 1. The highest BCUT2D eigenvalue weighted by Crippen LogP contribution is 2.11. The van der Waals surface area contributed by atoms with Crippen LogP contribution < -0.4 is 0 Å². The van der Waals surface area contributed by atoms with Crippen LogP contribution in [-0.4, -0.2) is 34.5 Å². The molecule has 0 saturated carbocycles. The first-order chi connectivity index (χ1) is 10.1. The monoisotopic (exact) mass is 282 g/mol. The fourth-order valence-corrected chi connectivity index (χ4v) is 1.89. The lowest BCUT2D eigenvalue weighted by atomic mass is 10.1.